The number of aromatic nitrogens is 2. The van der Waals surface area contributed by atoms with E-state index in [9.17, 15) is 0 Å². The summed E-state index contributed by atoms with van der Waals surface area (Å²) in [5, 5.41) is 12.7. The van der Waals surface area contributed by atoms with Gasteiger partial charge in [0.2, 0.25) is 0 Å². The van der Waals surface area contributed by atoms with Crippen molar-refractivity contribution in [2.24, 2.45) is 0 Å². The number of rotatable bonds is 4. The summed E-state index contributed by atoms with van der Waals surface area (Å²) in [6.45, 7) is 0.870. The molecule has 0 bridgehead atoms. The lowest BCUT2D eigenvalue weighted by Crippen LogP contribution is -2.01. The normalized spacial score (nSPS) is 10.2. The van der Waals surface area contributed by atoms with Gasteiger partial charge in [-0.15, -0.1) is 0 Å². The Morgan fingerprint density at radius 1 is 1.75 bits per heavy atom. The van der Waals surface area contributed by atoms with Crippen LogP contribution in [0.3, 0.4) is 0 Å². The highest BCUT2D eigenvalue weighted by Crippen LogP contribution is 2.23. The van der Waals surface area contributed by atoms with Crippen LogP contribution in [0, 0.1) is 0 Å². The van der Waals surface area contributed by atoms with Crippen molar-refractivity contribution in [1.29, 1.82) is 0 Å². The van der Waals surface area contributed by atoms with E-state index in [1.807, 2.05) is 0 Å². The summed E-state index contributed by atoms with van der Waals surface area (Å²) in [6, 6.07) is 0. The fourth-order valence-corrected chi connectivity index (χ4v) is 1.40. The molecule has 0 aliphatic heterocycles. The molecule has 0 aromatic carbocycles. The van der Waals surface area contributed by atoms with Crippen LogP contribution in [-0.4, -0.2) is 28.6 Å². The van der Waals surface area contributed by atoms with Crippen molar-refractivity contribution in [3.8, 4) is 5.75 Å². The van der Waals surface area contributed by atoms with E-state index in [2.05, 4.69) is 21.0 Å². The second-order valence-corrected chi connectivity index (χ2v) is 3.06. The monoisotopic (exact) mass is 234 g/mol. The van der Waals surface area contributed by atoms with Crippen molar-refractivity contribution in [3.63, 3.8) is 0 Å². The fourth-order valence-electron chi connectivity index (χ4n) is 0.867. The summed E-state index contributed by atoms with van der Waals surface area (Å²) in [5.74, 6) is 0.716. The molecular formula is C7H11BrN2O2. The average Bonchev–Trinajstić information content (AvgIpc) is 2.43. The Morgan fingerprint density at radius 3 is 3.00 bits per heavy atom. The Balaban J connectivity index is 2.66. The van der Waals surface area contributed by atoms with Crippen LogP contribution >= 0.6 is 15.9 Å². The number of hydrogen-bond donors (Lipinski definition) is 1. The second-order valence-electron chi connectivity index (χ2n) is 2.30. The van der Waals surface area contributed by atoms with Gasteiger partial charge in [-0.05, 0) is 22.4 Å². The molecule has 0 fully saturated rings. The summed E-state index contributed by atoms with van der Waals surface area (Å²) < 4.78 is 7.58. The van der Waals surface area contributed by atoms with Gasteiger partial charge in [0.15, 0.2) is 5.75 Å². The van der Waals surface area contributed by atoms with Crippen molar-refractivity contribution in [2.75, 3.05) is 13.7 Å². The molecule has 4 nitrogen and oxygen atoms in total. The lowest BCUT2D eigenvalue weighted by molar-refractivity contribution is 0.276. The molecule has 1 heterocycles. The van der Waals surface area contributed by atoms with Crippen LogP contribution < -0.4 is 4.74 Å². The number of halogens is 1. The van der Waals surface area contributed by atoms with E-state index >= 15 is 0 Å². The molecule has 0 radical (unpaired) electrons. The van der Waals surface area contributed by atoms with Gasteiger partial charge in [0.1, 0.15) is 4.60 Å². The first kappa shape index (κ1) is 9.54. The zero-order valence-corrected chi connectivity index (χ0v) is 8.41. The molecule has 0 atom stereocenters. The number of hydrogen-bond acceptors (Lipinski definition) is 3. The standard InChI is InChI=1S/C7H11BrN2O2/c1-12-6-5-9-10(7(6)8)3-2-4-11/h5,11H,2-4H2,1H3. The van der Waals surface area contributed by atoms with Crippen LogP contribution in [-0.2, 0) is 6.54 Å². The minimum absolute atomic E-state index is 0.175. The van der Waals surface area contributed by atoms with Crippen molar-refractivity contribution in [2.45, 2.75) is 13.0 Å². The molecule has 0 aliphatic rings. The number of aryl methyl sites for hydroxylation is 1. The highest BCUT2D eigenvalue weighted by Gasteiger charge is 2.06. The van der Waals surface area contributed by atoms with E-state index in [4.69, 9.17) is 9.84 Å². The van der Waals surface area contributed by atoms with Crippen molar-refractivity contribution < 1.29 is 9.84 Å². The Morgan fingerprint density at radius 2 is 2.50 bits per heavy atom. The molecule has 0 amide bonds. The second kappa shape index (κ2) is 4.47. The van der Waals surface area contributed by atoms with E-state index in [1.165, 1.54) is 0 Å². The maximum atomic E-state index is 8.59. The van der Waals surface area contributed by atoms with Gasteiger partial charge in [-0.1, -0.05) is 0 Å². The molecule has 68 valence electrons. The SMILES string of the molecule is COc1cnn(CCCO)c1Br. The first-order valence-corrected chi connectivity index (χ1v) is 4.45. The van der Waals surface area contributed by atoms with Crippen molar-refractivity contribution >= 4 is 15.9 Å². The number of methoxy groups -OCH3 is 1. The summed E-state index contributed by atoms with van der Waals surface area (Å²) in [5.41, 5.74) is 0. The van der Waals surface area contributed by atoms with Crippen LogP contribution in [0.4, 0.5) is 0 Å². The highest BCUT2D eigenvalue weighted by molar-refractivity contribution is 9.10. The smallest absolute Gasteiger partial charge is 0.171 e. The molecule has 1 rings (SSSR count). The quantitative estimate of drug-likeness (QED) is 0.847. The third kappa shape index (κ3) is 1.98. The van der Waals surface area contributed by atoms with Gasteiger partial charge in [0.05, 0.1) is 13.3 Å². The summed E-state index contributed by atoms with van der Waals surface area (Å²) in [7, 11) is 1.60. The summed E-state index contributed by atoms with van der Waals surface area (Å²) in [6.07, 6.45) is 2.34. The van der Waals surface area contributed by atoms with Crippen LogP contribution in [0.5, 0.6) is 5.75 Å². The molecule has 0 saturated carbocycles. The van der Waals surface area contributed by atoms with Crippen LogP contribution in [0.1, 0.15) is 6.42 Å². The molecule has 0 saturated heterocycles. The third-order valence-electron chi connectivity index (χ3n) is 1.49. The van der Waals surface area contributed by atoms with Crippen LogP contribution in [0.25, 0.3) is 0 Å². The number of aliphatic hydroxyl groups is 1. The predicted octanol–water partition coefficient (Wildman–Crippen LogP) is 1.04. The van der Waals surface area contributed by atoms with E-state index in [0.29, 0.717) is 18.7 Å². The van der Waals surface area contributed by atoms with Gasteiger partial charge in [0, 0.05) is 13.2 Å². The largest absolute Gasteiger partial charge is 0.492 e. The Bertz CT molecular complexity index is 250. The van der Waals surface area contributed by atoms with Crippen LogP contribution in [0.2, 0.25) is 0 Å². The Hall–Kier alpha value is -0.550. The lowest BCUT2D eigenvalue weighted by atomic mass is 10.4. The molecule has 0 unspecified atom stereocenters. The molecule has 1 aromatic heterocycles. The van der Waals surface area contributed by atoms with E-state index in [0.717, 1.165) is 4.60 Å². The summed E-state index contributed by atoms with van der Waals surface area (Å²) >= 11 is 3.34. The zero-order chi connectivity index (χ0) is 8.97. The first-order valence-electron chi connectivity index (χ1n) is 3.65. The maximum absolute atomic E-state index is 8.59. The van der Waals surface area contributed by atoms with Crippen LogP contribution in [0.15, 0.2) is 10.8 Å². The Labute approximate surface area is 79.3 Å². The van der Waals surface area contributed by atoms with Crippen molar-refractivity contribution in [1.82, 2.24) is 9.78 Å². The topological polar surface area (TPSA) is 47.3 Å². The lowest BCUT2D eigenvalue weighted by Gasteiger charge is -2.01. The van der Waals surface area contributed by atoms with Gasteiger partial charge in [0.25, 0.3) is 0 Å². The third-order valence-corrected chi connectivity index (χ3v) is 2.29. The van der Waals surface area contributed by atoms with E-state index in [-0.39, 0.29) is 6.61 Å². The number of nitrogens with zero attached hydrogens (tertiary/aromatic N) is 2. The van der Waals surface area contributed by atoms with Gasteiger partial charge < -0.3 is 9.84 Å². The molecular weight excluding hydrogens is 224 g/mol. The van der Waals surface area contributed by atoms with Gasteiger partial charge in [-0.25, -0.2) is 0 Å². The number of ether oxygens (including phenoxy) is 1. The molecule has 0 aliphatic carbocycles. The minimum Gasteiger partial charge on any atom is -0.492 e. The molecule has 5 heteroatoms. The van der Waals surface area contributed by atoms with Crippen molar-refractivity contribution in [3.05, 3.63) is 10.8 Å². The van der Waals surface area contributed by atoms with Gasteiger partial charge in [-0.2, -0.15) is 5.10 Å². The molecule has 12 heavy (non-hydrogen) atoms. The Kier molecular flexibility index (Phi) is 3.55. The van der Waals surface area contributed by atoms with E-state index in [1.54, 1.807) is 18.0 Å². The minimum atomic E-state index is 0.175. The number of aliphatic hydroxyl groups excluding tert-OH is 1. The predicted molar refractivity (Wildman–Crippen MR) is 48.2 cm³/mol. The molecule has 0 spiro atoms. The first-order chi connectivity index (χ1) is 5.79. The maximum Gasteiger partial charge on any atom is 0.171 e. The van der Waals surface area contributed by atoms with Gasteiger partial charge >= 0.3 is 0 Å². The molecule has 1 N–H and O–H groups in total. The van der Waals surface area contributed by atoms with Gasteiger partial charge in [-0.3, -0.25) is 4.68 Å². The summed E-state index contributed by atoms with van der Waals surface area (Å²) in [4.78, 5) is 0. The fraction of sp³-hybridized carbons (Fsp3) is 0.571. The highest BCUT2D eigenvalue weighted by atomic mass is 79.9. The van der Waals surface area contributed by atoms with E-state index < -0.39 is 0 Å². The molecule has 1 aromatic rings. The average molecular weight is 235 g/mol. The zero-order valence-electron chi connectivity index (χ0n) is 6.83.